The summed E-state index contributed by atoms with van der Waals surface area (Å²) in [5.74, 6) is -0.191. The molecule has 1 amide bonds. The van der Waals surface area contributed by atoms with E-state index in [1.54, 1.807) is 49.4 Å². The Morgan fingerprint density at radius 1 is 1.19 bits per heavy atom. The van der Waals surface area contributed by atoms with Crippen LogP contribution in [0.1, 0.15) is 34.3 Å². The second-order valence-corrected chi connectivity index (χ2v) is 8.22. The predicted octanol–water partition coefficient (Wildman–Crippen LogP) is 3.05. The van der Waals surface area contributed by atoms with Gasteiger partial charge in [-0.3, -0.25) is 9.10 Å². The Bertz CT molecular complexity index is 993. The molecule has 1 N–H and O–H groups in total. The number of nitrogens with one attached hydrogen (secondary N) is 1. The molecule has 134 valence electrons. The number of amides is 1. The first-order valence-electron chi connectivity index (χ1n) is 8.34. The molecular weight excluding hydrogens is 350 g/mol. The monoisotopic (exact) mass is 369 g/mol. The number of nitriles is 1. The van der Waals surface area contributed by atoms with Crippen molar-refractivity contribution in [3.63, 3.8) is 0 Å². The Balaban J connectivity index is 1.85. The smallest absolute Gasteiger partial charge is 0.255 e. The molecule has 1 aliphatic rings. The molecule has 0 atom stereocenters. The van der Waals surface area contributed by atoms with E-state index in [1.807, 2.05) is 6.07 Å². The summed E-state index contributed by atoms with van der Waals surface area (Å²) in [6.07, 6.45) is 1.50. The van der Waals surface area contributed by atoms with Crippen molar-refractivity contribution in [2.75, 3.05) is 21.9 Å². The van der Waals surface area contributed by atoms with Crippen LogP contribution in [0.3, 0.4) is 0 Å². The molecule has 1 aliphatic heterocycles. The number of hydrogen-bond acceptors (Lipinski definition) is 4. The SMILES string of the molecule is Cc1cc(C(=O)Nc2ccccc2C#N)ccc1N1CCCCS1(=O)=O. The minimum atomic E-state index is -3.29. The van der Waals surface area contributed by atoms with Crippen LogP contribution in [0.2, 0.25) is 0 Å². The summed E-state index contributed by atoms with van der Waals surface area (Å²) in [6, 6.07) is 13.8. The van der Waals surface area contributed by atoms with Gasteiger partial charge in [0.2, 0.25) is 10.0 Å². The molecule has 0 unspecified atom stereocenters. The van der Waals surface area contributed by atoms with Crippen molar-refractivity contribution in [3.8, 4) is 6.07 Å². The fraction of sp³-hybridized carbons (Fsp3) is 0.263. The van der Waals surface area contributed by atoms with Crippen molar-refractivity contribution in [1.29, 1.82) is 5.26 Å². The first kappa shape index (κ1) is 18.0. The third kappa shape index (κ3) is 3.55. The maximum absolute atomic E-state index is 12.5. The van der Waals surface area contributed by atoms with Gasteiger partial charge < -0.3 is 5.32 Å². The number of hydrogen-bond donors (Lipinski definition) is 1. The van der Waals surface area contributed by atoms with Crippen molar-refractivity contribution < 1.29 is 13.2 Å². The number of benzene rings is 2. The van der Waals surface area contributed by atoms with Crippen LogP contribution in [0.25, 0.3) is 0 Å². The lowest BCUT2D eigenvalue weighted by Gasteiger charge is -2.29. The molecule has 0 saturated carbocycles. The highest BCUT2D eigenvalue weighted by molar-refractivity contribution is 7.92. The first-order chi connectivity index (χ1) is 12.4. The molecule has 0 radical (unpaired) electrons. The minimum absolute atomic E-state index is 0.152. The number of carbonyl (C=O) groups is 1. The summed E-state index contributed by atoms with van der Waals surface area (Å²) < 4.78 is 26.0. The van der Waals surface area contributed by atoms with Crippen LogP contribution in [0, 0.1) is 18.3 Å². The fourth-order valence-electron chi connectivity index (χ4n) is 3.02. The molecule has 1 fully saturated rings. The van der Waals surface area contributed by atoms with Crippen LogP contribution in [-0.4, -0.2) is 26.6 Å². The normalized spacial score (nSPS) is 15.9. The van der Waals surface area contributed by atoms with Gasteiger partial charge in [-0.05, 0) is 55.7 Å². The zero-order chi connectivity index (χ0) is 18.7. The van der Waals surface area contributed by atoms with Crippen molar-refractivity contribution in [2.45, 2.75) is 19.8 Å². The summed E-state index contributed by atoms with van der Waals surface area (Å²) in [7, 11) is -3.29. The molecule has 1 heterocycles. The quantitative estimate of drug-likeness (QED) is 0.900. The van der Waals surface area contributed by atoms with Gasteiger partial charge in [0.1, 0.15) is 6.07 Å². The van der Waals surface area contributed by atoms with E-state index in [0.717, 1.165) is 12.0 Å². The van der Waals surface area contributed by atoms with Gasteiger partial charge in [0, 0.05) is 12.1 Å². The molecule has 3 rings (SSSR count). The van der Waals surface area contributed by atoms with Crippen molar-refractivity contribution in [1.82, 2.24) is 0 Å². The largest absolute Gasteiger partial charge is 0.321 e. The van der Waals surface area contributed by atoms with Crippen molar-refractivity contribution in [3.05, 3.63) is 59.2 Å². The van der Waals surface area contributed by atoms with Gasteiger partial charge in [0.15, 0.2) is 0 Å². The van der Waals surface area contributed by atoms with Crippen LogP contribution in [0.5, 0.6) is 0 Å². The molecular formula is C19H19N3O3S. The standard InChI is InChI=1S/C19H19N3O3S/c1-14-12-15(19(23)21-17-7-3-2-6-16(17)13-20)8-9-18(14)22-10-4-5-11-26(22,24)25/h2-3,6-9,12H,4-5,10-11H2,1H3,(H,21,23). The lowest BCUT2D eigenvalue weighted by Crippen LogP contribution is -2.38. The fourth-order valence-corrected chi connectivity index (χ4v) is 4.72. The minimum Gasteiger partial charge on any atom is -0.321 e. The lowest BCUT2D eigenvalue weighted by atomic mass is 10.1. The topological polar surface area (TPSA) is 90.3 Å². The summed E-state index contributed by atoms with van der Waals surface area (Å²) in [5, 5.41) is 11.8. The number of rotatable bonds is 3. The van der Waals surface area contributed by atoms with E-state index >= 15 is 0 Å². The number of sulfonamides is 1. The van der Waals surface area contributed by atoms with Crippen LogP contribution in [0.4, 0.5) is 11.4 Å². The molecule has 26 heavy (non-hydrogen) atoms. The van der Waals surface area contributed by atoms with Gasteiger partial charge in [-0.1, -0.05) is 12.1 Å². The average molecular weight is 369 g/mol. The number of aryl methyl sites for hydroxylation is 1. The van der Waals surface area contributed by atoms with Crippen molar-refractivity contribution >= 4 is 27.3 Å². The zero-order valence-electron chi connectivity index (χ0n) is 14.4. The molecule has 1 saturated heterocycles. The number of carbonyl (C=O) groups excluding carboxylic acids is 1. The number of para-hydroxylation sites is 1. The summed E-state index contributed by atoms with van der Waals surface area (Å²) in [5.41, 5.74) is 2.57. The van der Waals surface area contributed by atoms with E-state index in [9.17, 15) is 13.2 Å². The summed E-state index contributed by atoms with van der Waals surface area (Å²) in [4.78, 5) is 12.5. The first-order valence-corrected chi connectivity index (χ1v) is 9.95. The second kappa shape index (κ2) is 7.18. The number of nitrogens with zero attached hydrogens (tertiary/aromatic N) is 2. The average Bonchev–Trinajstić information content (AvgIpc) is 2.62. The van der Waals surface area contributed by atoms with Gasteiger partial charge in [-0.2, -0.15) is 5.26 Å². The Labute approximate surface area is 153 Å². The van der Waals surface area contributed by atoms with Crippen LogP contribution < -0.4 is 9.62 Å². The van der Waals surface area contributed by atoms with Crippen LogP contribution >= 0.6 is 0 Å². The van der Waals surface area contributed by atoms with E-state index in [-0.39, 0.29) is 11.7 Å². The highest BCUT2D eigenvalue weighted by atomic mass is 32.2. The van der Waals surface area contributed by atoms with Gasteiger partial charge >= 0.3 is 0 Å². The highest BCUT2D eigenvalue weighted by Gasteiger charge is 2.27. The second-order valence-electron chi connectivity index (χ2n) is 6.21. The van der Waals surface area contributed by atoms with Crippen LogP contribution in [-0.2, 0) is 10.0 Å². The maximum atomic E-state index is 12.5. The van der Waals surface area contributed by atoms with E-state index < -0.39 is 10.0 Å². The number of anilines is 2. The lowest BCUT2D eigenvalue weighted by molar-refractivity contribution is 0.102. The molecule has 0 bridgehead atoms. The third-order valence-electron chi connectivity index (χ3n) is 4.37. The molecule has 6 nitrogen and oxygen atoms in total. The Kier molecular flexibility index (Phi) is 4.96. The summed E-state index contributed by atoms with van der Waals surface area (Å²) in [6.45, 7) is 2.25. The van der Waals surface area contributed by atoms with E-state index in [0.29, 0.717) is 35.5 Å². The van der Waals surface area contributed by atoms with Crippen molar-refractivity contribution in [2.24, 2.45) is 0 Å². The van der Waals surface area contributed by atoms with E-state index in [2.05, 4.69) is 5.32 Å². The molecule has 2 aromatic rings. The van der Waals surface area contributed by atoms with Gasteiger partial charge in [-0.25, -0.2) is 8.42 Å². The Morgan fingerprint density at radius 2 is 1.96 bits per heavy atom. The molecule has 7 heteroatoms. The Hall–Kier alpha value is -2.85. The zero-order valence-corrected chi connectivity index (χ0v) is 15.2. The maximum Gasteiger partial charge on any atom is 0.255 e. The molecule has 0 aromatic heterocycles. The van der Waals surface area contributed by atoms with E-state index in [1.165, 1.54) is 4.31 Å². The van der Waals surface area contributed by atoms with Gasteiger partial charge in [0.25, 0.3) is 5.91 Å². The third-order valence-corrected chi connectivity index (χ3v) is 6.23. The predicted molar refractivity (Wildman–Crippen MR) is 101 cm³/mol. The van der Waals surface area contributed by atoms with Gasteiger partial charge in [-0.15, -0.1) is 0 Å². The molecule has 2 aromatic carbocycles. The molecule has 0 spiro atoms. The molecule has 0 aliphatic carbocycles. The highest BCUT2D eigenvalue weighted by Crippen LogP contribution is 2.28. The van der Waals surface area contributed by atoms with E-state index in [4.69, 9.17) is 5.26 Å². The van der Waals surface area contributed by atoms with Gasteiger partial charge in [0.05, 0.1) is 22.7 Å². The summed E-state index contributed by atoms with van der Waals surface area (Å²) >= 11 is 0. The Morgan fingerprint density at radius 3 is 2.65 bits per heavy atom. The van der Waals surface area contributed by atoms with Crippen LogP contribution in [0.15, 0.2) is 42.5 Å².